The Morgan fingerprint density at radius 2 is 2.22 bits per heavy atom. The minimum Gasteiger partial charge on any atom is -0.313 e. The molecule has 0 radical (unpaired) electrons. The van der Waals surface area contributed by atoms with Crippen molar-refractivity contribution in [3.8, 4) is 0 Å². The van der Waals surface area contributed by atoms with Gasteiger partial charge in [0.1, 0.15) is 5.82 Å². The number of nitrogens with one attached hydrogen (secondary N) is 1. The van der Waals surface area contributed by atoms with Gasteiger partial charge in [0.15, 0.2) is 0 Å². The average Bonchev–Trinajstić information content (AvgIpc) is 2.35. The fraction of sp³-hybridized carbons (Fsp3) is 0.600. The van der Waals surface area contributed by atoms with E-state index in [1.807, 2.05) is 19.1 Å². The highest BCUT2D eigenvalue weighted by atomic mass is 19.1. The van der Waals surface area contributed by atoms with E-state index in [2.05, 4.69) is 17.3 Å². The summed E-state index contributed by atoms with van der Waals surface area (Å²) in [5, 5.41) is 3.53. The first-order valence-electron chi connectivity index (χ1n) is 6.82. The van der Waals surface area contributed by atoms with E-state index in [-0.39, 0.29) is 5.82 Å². The zero-order chi connectivity index (χ0) is 13.0. The molecule has 1 N–H and O–H groups in total. The molecule has 0 saturated carbocycles. The Labute approximate surface area is 109 Å². The maximum absolute atomic E-state index is 13.7. The lowest BCUT2D eigenvalue weighted by molar-refractivity contribution is 0.254. The minimum absolute atomic E-state index is 0.0935. The Kier molecular flexibility index (Phi) is 4.72. The number of hydrogen-bond acceptors (Lipinski definition) is 2. The van der Waals surface area contributed by atoms with Crippen LogP contribution in [0.25, 0.3) is 0 Å². The summed E-state index contributed by atoms with van der Waals surface area (Å²) in [6, 6.07) is 5.90. The summed E-state index contributed by atoms with van der Waals surface area (Å²) in [7, 11) is 2.07. The van der Waals surface area contributed by atoms with Gasteiger partial charge in [-0.1, -0.05) is 24.1 Å². The fourth-order valence-corrected chi connectivity index (χ4v) is 2.64. The van der Waals surface area contributed by atoms with E-state index >= 15 is 0 Å². The molecule has 2 nitrogen and oxygen atoms in total. The Morgan fingerprint density at radius 1 is 1.39 bits per heavy atom. The number of piperidine rings is 1. The van der Waals surface area contributed by atoms with Crippen LogP contribution in [-0.2, 0) is 6.54 Å². The van der Waals surface area contributed by atoms with Crippen LogP contribution in [0.2, 0.25) is 0 Å². The molecule has 1 saturated heterocycles. The summed E-state index contributed by atoms with van der Waals surface area (Å²) in [5.41, 5.74) is 1.92. The predicted octanol–water partition coefficient (Wildman–Crippen LogP) is 2.71. The Hall–Kier alpha value is -0.930. The molecule has 1 aliphatic heterocycles. The molecule has 1 aromatic carbocycles. The van der Waals surface area contributed by atoms with Crippen LogP contribution in [0.1, 0.15) is 30.4 Å². The number of rotatable bonds is 4. The van der Waals surface area contributed by atoms with Crippen LogP contribution in [0, 0.1) is 12.7 Å². The predicted molar refractivity (Wildman–Crippen MR) is 73.1 cm³/mol. The molecular formula is C15H23FN2. The average molecular weight is 250 g/mol. The highest BCUT2D eigenvalue weighted by Gasteiger charge is 2.15. The van der Waals surface area contributed by atoms with Crippen molar-refractivity contribution < 1.29 is 4.39 Å². The summed E-state index contributed by atoms with van der Waals surface area (Å²) in [6.45, 7) is 4.81. The number of hydrogen-bond donors (Lipinski definition) is 1. The van der Waals surface area contributed by atoms with Crippen LogP contribution in [0.4, 0.5) is 4.39 Å². The normalized spacial score (nSPS) is 20.3. The molecule has 1 atom stereocenters. The summed E-state index contributed by atoms with van der Waals surface area (Å²) in [4.78, 5) is 2.21. The molecule has 2 rings (SSSR count). The molecule has 0 aromatic heterocycles. The van der Waals surface area contributed by atoms with Crippen molar-refractivity contribution in [2.24, 2.45) is 0 Å². The topological polar surface area (TPSA) is 15.3 Å². The third-order valence-corrected chi connectivity index (χ3v) is 3.59. The smallest absolute Gasteiger partial charge is 0.127 e. The van der Waals surface area contributed by atoms with Gasteiger partial charge in [0, 0.05) is 24.7 Å². The number of nitrogens with zero attached hydrogens (tertiary/aromatic N) is 1. The van der Waals surface area contributed by atoms with E-state index in [1.165, 1.54) is 19.3 Å². The second kappa shape index (κ2) is 6.30. The molecule has 1 unspecified atom stereocenters. The number of halogens is 1. The molecule has 18 heavy (non-hydrogen) atoms. The van der Waals surface area contributed by atoms with Crippen LogP contribution < -0.4 is 5.32 Å². The number of likely N-dealkylation sites (N-methyl/N-ethyl adjacent to an activating group) is 1. The lowest BCUT2D eigenvalue weighted by Crippen LogP contribution is -2.42. The second-order valence-corrected chi connectivity index (χ2v) is 5.44. The first kappa shape index (κ1) is 13.5. The quantitative estimate of drug-likeness (QED) is 0.884. The lowest BCUT2D eigenvalue weighted by atomic mass is 10.0. The third kappa shape index (κ3) is 3.79. The Balaban J connectivity index is 1.89. The maximum Gasteiger partial charge on any atom is 0.127 e. The summed E-state index contributed by atoms with van der Waals surface area (Å²) < 4.78 is 13.7. The van der Waals surface area contributed by atoms with Gasteiger partial charge in [-0.25, -0.2) is 4.39 Å². The summed E-state index contributed by atoms with van der Waals surface area (Å²) in [5.74, 6) is -0.0935. The van der Waals surface area contributed by atoms with E-state index in [0.29, 0.717) is 12.6 Å². The summed E-state index contributed by atoms with van der Waals surface area (Å²) >= 11 is 0. The molecule has 1 heterocycles. The number of aryl methyl sites for hydroxylation is 1. The van der Waals surface area contributed by atoms with Crippen molar-refractivity contribution in [1.29, 1.82) is 0 Å². The molecule has 3 heteroatoms. The first-order chi connectivity index (χ1) is 8.65. The highest BCUT2D eigenvalue weighted by Crippen LogP contribution is 2.14. The van der Waals surface area contributed by atoms with Crippen molar-refractivity contribution >= 4 is 0 Å². The van der Waals surface area contributed by atoms with Crippen LogP contribution in [-0.4, -0.2) is 31.1 Å². The van der Waals surface area contributed by atoms with Crippen molar-refractivity contribution in [2.75, 3.05) is 20.1 Å². The SMILES string of the molecule is Cc1ccc(F)c(CN(C)CC2CCCCN2)c1. The van der Waals surface area contributed by atoms with Gasteiger partial charge in [-0.2, -0.15) is 0 Å². The van der Waals surface area contributed by atoms with Gasteiger partial charge in [-0.3, -0.25) is 0 Å². The van der Waals surface area contributed by atoms with Gasteiger partial charge >= 0.3 is 0 Å². The van der Waals surface area contributed by atoms with Gasteiger partial charge < -0.3 is 10.2 Å². The van der Waals surface area contributed by atoms with E-state index in [9.17, 15) is 4.39 Å². The zero-order valence-electron chi connectivity index (χ0n) is 11.4. The molecule has 100 valence electrons. The summed E-state index contributed by atoms with van der Waals surface area (Å²) in [6.07, 6.45) is 3.83. The molecular weight excluding hydrogens is 227 g/mol. The van der Waals surface area contributed by atoms with Crippen LogP contribution >= 0.6 is 0 Å². The lowest BCUT2D eigenvalue weighted by Gasteiger charge is -2.28. The van der Waals surface area contributed by atoms with Gasteiger partial charge in [-0.05, 0) is 39.4 Å². The highest BCUT2D eigenvalue weighted by molar-refractivity contribution is 5.23. The van der Waals surface area contributed by atoms with Crippen molar-refractivity contribution in [1.82, 2.24) is 10.2 Å². The molecule has 0 aliphatic carbocycles. The minimum atomic E-state index is -0.0935. The van der Waals surface area contributed by atoms with Crippen molar-refractivity contribution in [2.45, 2.75) is 38.8 Å². The molecule has 0 spiro atoms. The van der Waals surface area contributed by atoms with Crippen LogP contribution in [0.3, 0.4) is 0 Å². The standard InChI is InChI=1S/C15H23FN2/c1-12-6-7-15(16)13(9-12)10-18(2)11-14-5-3-4-8-17-14/h6-7,9,14,17H,3-5,8,10-11H2,1-2H3. The largest absolute Gasteiger partial charge is 0.313 e. The second-order valence-electron chi connectivity index (χ2n) is 5.44. The maximum atomic E-state index is 13.7. The van der Waals surface area contributed by atoms with Gasteiger partial charge in [-0.15, -0.1) is 0 Å². The zero-order valence-corrected chi connectivity index (χ0v) is 11.4. The first-order valence-corrected chi connectivity index (χ1v) is 6.82. The van der Waals surface area contributed by atoms with Crippen LogP contribution in [0.5, 0.6) is 0 Å². The van der Waals surface area contributed by atoms with E-state index in [0.717, 1.165) is 24.2 Å². The number of benzene rings is 1. The van der Waals surface area contributed by atoms with E-state index < -0.39 is 0 Å². The molecule has 1 fully saturated rings. The van der Waals surface area contributed by atoms with Gasteiger partial charge in [0.05, 0.1) is 0 Å². The third-order valence-electron chi connectivity index (χ3n) is 3.59. The molecule has 1 aromatic rings. The molecule has 0 bridgehead atoms. The fourth-order valence-electron chi connectivity index (χ4n) is 2.64. The monoisotopic (exact) mass is 250 g/mol. The van der Waals surface area contributed by atoms with Gasteiger partial charge in [0.2, 0.25) is 0 Å². The van der Waals surface area contributed by atoms with E-state index in [1.54, 1.807) is 6.07 Å². The van der Waals surface area contributed by atoms with Gasteiger partial charge in [0.25, 0.3) is 0 Å². The Morgan fingerprint density at radius 3 is 2.94 bits per heavy atom. The molecule has 1 aliphatic rings. The van der Waals surface area contributed by atoms with Crippen LogP contribution in [0.15, 0.2) is 18.2 Å². The Bertz CT molecular complexity index is 386. The van der Waals surface area contributed by atoms with E-state index in [4.69, 9.17) is 0 Å². The van der Waals surface area contributed by atoms with Crippen molar-refractivity contribution in [3.05, 3.63) is 35.1 Å². The molecule has 0 amide bonds. The van der Waals surface area contributed by atoms with Crippen molar-refractivity contribution in [3.63, 3.8) is 0 Å².